The average Bonchev–Trinajstić information content (AvgIpc) is 3.33. The maximum absolute atomic E-state index is 12.8. The number of carbonyl (C=O) groups is 1. The highest BCUT2D eigenvalue weighted by Crippen LogP contribution is 2.33. The second-order valence-electron chi connectivity index (χ2n) is 8.73. The number of benzene rings is 1. The van der Waals surface area contributed by atoms with Gasteiger partial charge in [-0.1, -0.05) is 43.7 Å². The number of hydrogen-bond acceptors (Lipinski definition) is 5. The van der Waals surface area contributed by atoms with E-state index in [1.807, 2.05) is 17.9 Å². The fourth-order valence-electron chi connectivity index (χ4n) is 4.25. The lowest BCUT2D eigenvalue weighted by atomic mass is 9.95. The van der Waals surface area contributed by atoms with Gasteiger partial charge in [0.15, 0.2) is 0 Å². The van der Waals surface area contributed by atoms with E-state index in [0.717, 1.165) is 16.8 Å². The molecule has 4 rings (SSSR count). The van der Waals surface area contributed by atoms with E-state index in [4.69, 9.17) is 9.40 Å². The normalized spacial score (nSPS) is 16.3. The van der Waals surface area contributed by atoms with E-state index in [1.54, 1.807) is 6.07 Å². The summed E-state index contributed by atoms with van der Waals surface area (Å²) in [6, 6.07) is 14.3. The predicted molar refractivity (Wildman–Crippen MR) is 125 cm³/mol. The number of rotatable bonds is 4. The first-order chi connectivity index (χ1) is 15.4. The molecule has 3 heterocycles. The number of carbonyl (C=O) groups excluding carboxylic acids is 1. The molecule has 1 fully saturated rings. The van der Waals surface area contributed by atoms with Gasteiger partial charge in [0.05, 0.1) is 23.1 Å². The Balaban J connectivity index is 1.65. The van der Waals surface area contributed by atoms with Crippen molar-refractivity contribution in [1.82, 2.24) is 9.88 Å². The fourth-order valence-corrected chi connectivity index (χ4v) is 4.25. The molecular weight excluding hydrogens is 400 g/mol. The van der Waals surface area contributed by atoms with Crippen LogP contribution >= 0.6 is 0 Å². The lowest BCUT2D eigenvalue weighted by Crippen LogP contribution is -2.54. The second-order valence-corrected chi connectivity index (χ2v) is 8.73. The van der Waals surface area contributed by atoms with Gasteiger partial charge in [-0.2, -0.15) is 5.26 Å². The summed E-state index contributed by atoms with van der Waals surface area (Å²) in [7, 11) is 0. The van der Waals surface area contributed by atoms with Gasteiger partial charge >= 0.3 is 0 Å². The number of amides is 1. The van der Waals surface area contributed by atoms with Crippen LogP contribution < -0.4 is 4.90 Å². The number of aromatic nitrogens is 1. The Morgan fingerprint density at radius 2 is 1.97 bits per heavy atom. The van der Waals surface area contributed by atoms with Gasteiger partial charge < -0.3 is 14.2 Å². The number of furan rings is 1. The van der Waals surface area contributed by atoms with E-state index in [9.17, 15) is 10.1 Å². The van der Waals surface area contributed by atoms with Gasteiger partial charge in [0, 0.05) is 31.2 Å². The number of nitrogens with zero attached hydrogens (tertiary/aromatic N) is 4. The zero-order valence-corrected chi connectivity index (χ0v) is 19.0. The van der Waals surface area contributed by atoms with Crippen molar-refractivity contribution in [3.05, 3.63) is 71.3 Å². The monoisotopic (exact) mass is 428 g/mol. The molecule has 6 nitrogen and oxygen atoms in total. The number of anilines is 1. The third-order valence-electron chi connectivity index (χ3n) is 6.02. The van der Waals surface area contributed by atoms with Crippen molar-refractivity contribution >= 4 is 11.7 Å². The largest absolute Gasteiger partial charge is 0.472 e. The van der Waals surface area contributed by atoms with Gasteiger partial charge in [-0.25, -0.2) is 4.98 Å². The van der Waals surface area contributed by atoms with Crippen molar-refractivity contribution in [3.63, 3.8) is 0 Å². The van der Waals surface area contributed by atoms with Gasteiger partial charge in [-0.15, -0.1) is 0 Å². The van der Waals surface area contributed by atoms with Crippen LogP contribution in [-0.4, -0.2) is 41.5 Å². The zero-order valence-electron chi connectivity index (χ0n) is 19.0. The Morgan fingerprint density at radius 1 is 1.22 bits per heavy atom. The van der Waals surface area contributed by atoms with Crippen LogP contribution in [0.1, 0.15) is 53.9 Å². The van der Waals surface area contributed by atoms with Crippen molar-refractivity contribution in [2.75, 3.05) is 24.5 Å². The molecule has 3 aromatic rings. The number of nitriles is 1. The molecule has 1 aromatic carbocycles. The molecule has 6 heteroatoms. The molecule has 1 aliphatic heterocycles. The van der Waals surface area contributed by atoms with Crippen LogP contribution in [0.15, 0.2) is 53.3 Å². The van der Waals surface area contributed by atoms with Crippen LogP contribution in [0.2, 0.25) is 0 Å². The summed E-state index contributed by atoms with van der Waals surface area (Å²) in [4.78, 5) is 21.8. The molecule has 164 valence electrons. The van der Waals surface area contributed by atoms with E-state index in [0.29, 0.717) is 36.6 Å². The minimum atomic E-state index is -0.0306. The molecule has 1 unspecified atom stereocenters. The van der Waals surface area contributed by atoms with E-state index in [-0.39, 0.29) is 17.9 Å². The minimum absolute atomic E-state index is 0.0150. The third-order valence-corrected chi connectivity index (χ3v) is 6.02. The highest BCUT2D eigenvalue weighted by molar-refractivity contribution is 5.94. The lowest BCUT2D eigenvalue weighted by molar-refractivity contribution is 0.0673. The van der Waals surface area contributed by atoms with Crippen LogP contribution in [0.5, 0.6) is 0 Å². The first kappa shape index (κ1) is 21.6. The molecule has 1 atom stereocenters. The zero-order chi connectivity index (χ0) is 22.8. The van der Waals surface area contributed by atoms with Crippen LogP contribution in [0.3, 0.4) is 0 Å². The molecule has 1 saturated heterocycles. The van der Waals surface area contributed by atoms with Crippen molar-refractivity contribution < 1.29 is 9.21 Å². The summed E-state index contributed by atoms with van der Waals surface area (Å²) in [6.07, 6.45) is 3.00. The summed E-state index contributed by atoms with van der Waals surface area (Å²) in [5.74, 6) is 0.880. The summed E-state index contributed by atoms with van der Waals surface area (Å²) in [5.41, 5.74) is 5.37. The van der Waals surface area contributed by atoms with Gasteiger partial charge in [0.2, 0.25) is 0 Å². The highest BCUT2D eigenvalue weighted by atomic mass is 16.3. The Labute approximate surface area is 189 Å². The van der Waals surface area contributed by atoms with Crippen LogP contribution in [0.4, 0.5) is 5.82 Å². The molecule has 0 saturated carbocycles. The molecule has 0 spiro atoms. The Hall–Kier alpha value is -3.59. The maximum Gasteiger partial charge on any atom is 0.257 e. The van der Waals surface area contributed by atoms with E-state index in [1.165, 1.54) is 18.1 Å². The number of aryl methyl sites for hydroxylation is 1. The van der Waals surface area contributed by atoms with Crippen molar-refractivity contribution in [1.29, 1.82) is 5.26 Å². The van der Waals surface area contributed by atoms with Crippen molar-refractivity contribution in [3.8, 4) is 17.2 Å². The van der Waals surface area contributed by atoms with Crippen molar-refractivity contribution in [2.45, 2.75) is 39.7 Å². The van der Waals surface area contributed by atoms with Crippen LogP contribution in [-0.2, 0) is 0 Å². The standard InChI is InChI=1S/C26H28N4O2/c1-17(2)24-23(20-7-5-18(3)6-8-20)13-22(14-27)25(28-24)29-10-11-30(19(4)15-29)26(31)21-9-12-32-16-21/h5-9,12-13,16-17,19H,10-11,15H2,1-4H3. The molecule has 2 aromatic heterocycles. The van der Waals surface area contributed by atoms with Gasteiger partial charge in [0.25, 0.3) is 5.91 Å². The molecular formula is C26H28N4O2. The van der Waals surface area contributed by atoms with Crippen molar-refractivity contribution in [2.24, 2.45) is 0 Å². The molecule has 0 radical (unpaired) electrons. The summed E-state index contributed by atoms with van der Waals surface area (Å²) in [5, 5.41) is 9.93. The summed E-state index contributed by atoms with van der Waals surface area (Å²) in [6.45, 7) is 10.1. The number of pyridine rings is 1. The molecule has 0 N–H and O–H groups in total. The SMILES string of the molecule is Cc1ccc(-c2cc(C#N)c(N3CCN(C(=O)c4ccoc4)C(C)C3)nc2C(C)C)cc1. The smallest absolute Gasteiger partial charge is 0.257 e. The van der Waals surface area contributed by atoms with E-state index in [2.05, 4.69) is 56.0 Å². The maximum atomic E-state index is 12.8. The number of hydrogen-bond donors (Lipinski definition) is 0. The predicted octanol–water partition coefficient (Wildman–Crippen LogP) is 5.00. The molecule has 0 bridgehead atoms. The first-order valence-corrected chi connectivity index (χ1v) is 11.0. The lowest BCUT2D eigenvalue weighted by Gasteiger charge is -2.40. The minimum Gasteiger partial charge on any atom is -0.472 e. The number of piperazine rings is 1. The van der Waals surface area contributed by atoms with Crippen LogP contribution in [0.25, 0.3) is 11.1 Å². The summed E-state index contributed by atoms with van der Waals surface area (Å²) < 4.78 is 5.07. The van der Waals surface area contributed by atoms with Gasteiger partial charge in [0.1, 0.15) is 18.2 Å². The molecule has 1 amide bonds. The summed E-state index contributed by atoms with van der Waals surface area (Å²) >= 11 is 0. The van der Waals surface area contributed by atoms with E-state index < -0.39 is 0 Å². The average molecular weight is 429 g/mol. The Morgan fingerprint density at radius 3 is 2.56 bits per heavy atom. The molecule has 1 aliphatic rings. The topological polar surface area (TPSA) is 73.4 Å². The Kier molecular flexibility index (Phi) is 6.00. The fraction of sp³-hybridized carbons (Fsp3) is 0.346. The molecule has 0 aliphatic carbocycles. The molecule has 32 heavy (non-hydrogen) atoms. The van der Waals surface area contributed by atoms with Gasteiger partial charge in [-0.05, 0) is 37.5 Å². The highest BCUT2D eigenvalue weighted by Gasteiger charge is 2.31. The van der Waals surface area contributed by atoms with E-state index >= 15 is 0 Å². The third kappa shape index (κ3) is 4.11. The first-order valence-electron chi connectivity index (χ1n) is 11.0. The Bertz CT molecular complexity index is 1140. The van der Waals surface area contributed by atoms with Gasteiger partial charge in [-0.3, -0.25) is 4.79 Å². The quantitative estimate of drug-likeness (QED) is 0.585. The second kappa shape index (κ2) is 8.88. The van der Waals surface area contributed by atoms with Crippen LogP contribution in [0, 0.1) is 18.3 Å².